The van der Waals surface area contributed by atoms with Crippen molar-refractivity contribution in [2.45, 2.75) is 11.4 Å². The molecular weight excluding hydrogens is 366 g/mol. The number of hydrogen-bond acceptors (Lipinski definition) is 3. The number of rotatable bonds is 4. The number of nitrogens with two attached hydrogens (primary N) is 1. The van der Waals surface area contributed by atoms with Crippen LogP contribution >= 0.6 is 15.9 Å². The highest BCUT2D eigenvalue weighted by Crippen LogP contribution is 2.29. The van der Waals surface area contributed by atoms with Crippen LogP contribution in [-0.4, -0.2) is 8.42 Å². The lowest BCUT2D eigenvalue weighted by molar-refractivity contribution is 0.581. The lowest BCUT2D eigenvalue weighted by atomic mass is 10.2. The molecule has 0 saturated carbocycles. The summed E-state index contributed by atoms with van der Waals surface area (Å²) in [4.78, 5) is -0.0460. The molecule has 2 aromatic rings. The second kappa shape index (κ2) is 6.08. The molecule has 0 spiro atoms. The van der Waals surface area contributed by atoms with Crippen molar-refractivity contribution >= 4 is 31.6 Å². The normalized spacial score (nSPS) is 11.4. The number of halogens is 3. The van der Waals surface area contributed by atoms with Gasteiger partial charge in [0.25, 0.3) is 10.0 Å². The fourth-order valence-electron chi connectivity index (χ4n) is 1.64. The Morgan fingerprint density at radius 1 is 1.14 bits per heavy atom. The van der Waals surface area contributed by atoms with Crippen molar-refractivity contribution in [1.29, 1.82) is 0 Å². The van der Waals surface area contributed by atoms with Gasteiger partial charge in [0.1, 0.15) is 5.82 Å². The lowest BCUT2D eigenvalue weighted by Gasteiger charge is -2.11. The summed E-state index contributed by atoms with van der Waals surface area (Å²) in [7, 11) is -3.98. The first-order valence-corrected chi connectivity index (χ1v) is 8.07. The molecular formula is C13H11BrF2N2O2S. The number of benzene rings is 2. The van der Waals surface area contributed by atoms with Gasteiger partial charge in [-0.3, -0.25) is 4.72 Å². The van der Waals surface area contributed by atoms with Crippen LogP contribution in [0.3, 0.4) is 0 Å². The van der Waals surface area contributed by atoms with Crippen molar-refractivity contribution in [3.8, 4) is 0 Å². The fourth-order valence-corrected chi connectivity index (χ4v) is 3.36. The van der Waals surface area contributed by atoms with E-state index in [0.717, 1.165) is 11.6 Å². The van der Waals surface area contributed by atoms with Gasteiger partial charge in [-0.15, -0.1) is 0 Å². The Morgan fingerprint density at radius 3 is 2.29 bits per heavy atom. The van der Waals surface area contributed by atoms with Crippen molar-refractivity contribution in [1.82, 2.24) is 0 Å². The summed E-state index contributed by atoms with van der Waals surface area (Å²) in [5.41, 5.74) is 5.85. The van der Waals surface area contributed by atoms with Gasteiger partial charge in [0.05, 0.1) is 10.6 Å². The van der Waals surface area contributed by atoms with Crippen LogP contribution < -0.4 is 10.5 Å². The summed E-state index contributed by atoms with van der Waals surface area (Å²) >= 11 is 2.92. The molecule has 21 heavy (non-hydrogen) atoms. The second-order valence-electron chi connectivity index (χ2n) is 4.20. The largest absolute Gasteiger partial charge is 0.326 e. The molecule has 0 amide bonds. The third-order valence-electron chi connectivity index (χ3n) is 2.71. The molecule has 0 fully saturated rings. The molecule has 0 aliphatic heterocycles. The van der Waals surface area contributed by atoms with Gasteiger partial charge in [-0.2, -0.15) is 0 Å². The van der Waals surface area contributed by atoms with Crippen LogP contribution in [0, 0.1) is 11.6 Å². The number of nitrogens with one attached hydrogen (secondary N) is 1. The molecule has 2 rings (SSSR count). The standard InChI is InChI=1S/C13H11BrF2N2O2S/c14-11-5-9(15)6-12(16)13(11)18-21(19,20)10-3-1-8(7-17)2-4-10/h1-6,18H,7,17H2. The molecule has 0 radical (unpaired) electrons. The molecule has 0 aromatic heterocycles. The molecule has 4 nitrogen and oxygen atoms in total. The minimum absolute atomic E-state index is 0.0258. The van der Waals surface area contributed by atoms with Crippen LogP contribution in [0.4, 0.5) is 14.5 Å². The van der Waals surface area contributed by atoms with Gasteiger partial charge in [0.2, 0.25) is 0 Å². The first kappa shape index (κ1) is 15.9. The summed E-state index contributed by atoms with van der Waals surface area (Å²) in [5.74, 6) is -1.82. The van der Waals surface area contributed by atoms with Gasteiger partial charge in [-0.25, -0.2) is 17.2 Å². The first-order chi connectivity index (χ1) is 9.83. The van der Waals surface area contributed by atoms with Gasteiger partial charge in [-0.1, -0.05) is 12.1 Å². The summed E-state index contributed by atoms with van der Waals surface area (Å²) in [6.07, 6.45) is 0. The molecule has 3 N–H and O–H groups in total. The van der Waals surface area contributed by atoms with Gasteiger partial charge >= 0.3 is 0 Å². The summed E-state index contributed by atoms with van der Waals surface area (Å²) < 4.78 is 53.0. The van der Waals surface area contributed by atoms with E-state index in [4.69, 9.17) is 5.73 Å². The van der Waals surface area contributed by atoms with E-state index in [1.54, 1.807) is 12.1 Å². The zero-order chi connectivity index (χ0) is 15.6. The SMILES string of the molecule is NCc1ccc(S(=O)(=O)Nc2c(F)cc(F)cc2Br)cc1. The quantitative estimate of drug-likeness (QED) is 0.861. The van der Waals surface area contributed by atoms with E-state index in [1.807, 2.05) is 0 Å². The molecule has 0 aliphatic rings. The fraction of sp³-hybridized carbons (Fsp3) is 0.0769. The van der Waals surface area contributed by atoms with Gasteiger partial charge in [-0.05, 0) is 39.7 Å². The van der Waals surface area contributed by atoms with Gasteiger partial charge < -0.3 is 5.73 Å². The van der Waals surface area contributed by atoms with Crippen LogP contribution in [0.15, 0.2) is 45.8 Å². The molecule has 0 aliphatic carbocycles. The second-order valence-corrected chi connectivity index (χ2v) is 6.73. The van der Waals surface area contributed by atoms with E-state index < -0.39 is 21.7 Å². The Kier molecular flexibility index (Phi) is 4.60. The van der Waals surface area contributed by atoms with Crippen LogP contribution in [0.25, 0.3) is 0 Å². The summed E-state index contributed by atoms with van der Waals surface area (Å²) in [5, 5.41) is 0. The van der Waals surface area contributed by atoms with Crippen molar-refractivity contribution in [2.75, 3.05) is 4.72 Å². The zero-order valence-electron chi connectivity index (χ0n) is 10.6. The zero-order valence-corrected chi connectivity index (χ0v) is 13.0. The molecule has 0 unspecified atom stereocenters. The third-order valence-corrected chi connectivity index (χ3v) is 4.70. The van der Waals surface area contributed by atoms with Gasteiger partial charge in [0.15, 0.2) is 5.82 Å². The molecule has 0 bridgehead atoms. The molecule has 112 valence electrons. The molecule has 0 atom stereocenters. The van der Waals surface area contributed by atoms with Crippen LogP contribution in [0.1, 0.15) is 5.56 Å². The minimum Gasteiger partial charge on any atom is -0.326 e. The van der Waals surface area contributed by atoms with Crippen LogP contribution in [0.5, 0.6) is 0 Å². The van der Waals surface area contributed by atoms with Crippen molar-refractivity contribution in [3.63, 3.8) is 0 Å². The monoisotopic (exact) mass is 376 g/mol. The Hall–Kier alpha value is -1.51. The lowest BCUT2D eigenvalue weighted by Crippen LogP contribution is -2.14. The average Bonchev–Trinajstić information content (AvgIpc) is 2.43. The van der Waals surface area contributed by atoms with Crippen LogP contribution in [-0.2, 0) is 16.6 Å². The van der Waals surface area contributed by atoms with Crippen molar-refractivity contribution < 1.29 is 17.2 Å². The highest BCUT2D eigenvalue weighted by atomic mass is 79.9. The van der Waals surface area contributed by atoms with Crippen molar-refractivity contribution in [2.24, 2.45) is 5.73 Å². The predicted octanol–water partition coefficient (Wildman–Crippen LogP) is 2.99. The maximum absolute atomic E-state index is 13.7. The number of sulfonamides is 1. The smallest absolute Gasteiger partial charge is 0.262 e. The molecule has 0 saturated heterocycles. The first-order valence-electron chi connectivity index (χ1n) is 5.80. The number of anilines is 1. The maximum atomic E-state index is 13.7. The Labute approximate surface area is 129 Å². The predicted molar refractivity (Wildman–Crippen MR) is 79.2 cm³/mol. The number of hydrogen-bond donors (Lipinski definition) is 2. The summed E-state index contributed by atoms with van der Waals surface area (Å²) in [6, 6.07) is 7.41. The van der Waals surface area contributed by atoms with E-state index in [9.17, 15) is 17.2 Å². The highest BCUT2D eigenvalue weighted by molar-refractivity contribution is 9.10. The topological polar surface area (TPSA) is 72.2 Å². The van der Waals surface area contributed by atoms with Crippen molar-refractivity contribution in [3.05, 3.63) is 58.1 Å². The van der Waals surface area contributed by atoms with E-state index in [2.05, 4.69) is 20.7 Å². The summed E-state index contributed by atoms with van der Waals surface area (Å²) in [6.45, 7) is 0.284. The molecule has 0 heterocycles. The minimum atomic E-state index is -3.98. The molecule has 8 heteroatoms. The average molecular weight is 377 g/mol. The Bertz CT molecular complexity index is 741. The van der Waals surface area contributed by atoms with E-state index in [1.165, 1.54) is 12.1 Å². The maximum Gasteiger partial charge on any atom is 0.262 e. The van der Waals surface area contributed by atoms with Crippen LogP contribution in [0.2, 0.25) is 0 Å². The van der Waals surface area contributed by atoms with E-state index >= 15 is 0 Å². The van der Waals surface area contributed by atoms with E-state index in [0.29, 0.717) is 6.07 Å². The molecule has 2 aromatic carbocycles. The third kappa shape index (κ3) is 3.58. The highest BCUT2D eigenvalue weighted by Gasteiger charge is 2.19. The Balaban J connectivity index is 2.37. The van der Waals surface area contributed by atoms with E-state index in [-0.39, 0.29) is 21.6 Å². The van der Waals surface area contributed by atoms with Gasteiger partial charge in [0, 0.05) is 17.1 Å². The Morgan fingerprint density at radius 2 is 1.76 bits per heavy atom.